The number of rotatable bonds is 4. The van der Waals surface area contributed by atoms with E-state index in [0.717, 1.165) is 25.7 Å². The van der Waals surface area contributed by atoms with Gasteiger partial charge >= 0.3 is 6.03 Å². The van der Waals surface area contributed by atoms with Gasteiger partial charge in [0.05, 0.1) is 12.5 Å². The van der Waals surface area contributed by atoms with Crippen LogP contribution in [0.5, 0.6) is 11.5 Å². The molecule has 0 spiro atoms. The van der Waals surface area contributed by atoms with Crippen LogP contribution in [0.3, 0.4) is 0 Å². The van der Waals surface area contributed by atoms with E-state index in [0.29, 0.717) is 27.9 Å². The molecule has 1 saturated heterocycles. The van der Waals surface area contributed by atoms with Gasteiger partial charge in [-0.3, -0.25) is 9.59 Å². The van der Waals surface area contributed by atoms with Gasteiger partial charge in [0, 0.05) is 28.5 Å². The second-order valence-electron chi connectivity index (χ2n) is 8.65. The predicted molar refractivity (Wildman–Crippen MR) is 126 cm³/mol. The first-order valence-corrected chi connectivity index (χ1v) is 11.7. The Hall–Kier alpha value is -3.46. The molecule has 3 aliphatic rings. The van der Waals surface area contributed by atoms with Crippen LogP contribution in [0.15, 0.2) is 42.5 Å². The molecule has 2 aromatic rings. The fraction of sp³-hybridized carbons (Fsp3) is 0.375. The number of hydrogen-bond acceptors (Lipinski definition) is 5. The third kappa shape index (κ3) is 4.61. The molecule has 2 heterocycles. The number of carbonyl (C=O) groups is 3. The summed E-state index contributed by atoms with van der Waals surface area (Å²) in [6, 6.07) is 10.2. The highest BCUT2D eigenvalue weighted by molar-refractivity contribution is 6.30. The molecule has 5 rings (SSSR count). The zero-order chi connectivity index (χ0) is 23.7. The zero-order valence-corrected chi connectivity index (χ0v) is 19.1. The summed E-state index contributed by atoms with van der Waals surface area (Å²) in [4.78, 5) is 40.9. The van der Waals surface area contributed by atoms with Crippen molar-refractivity contribution in [1.82, 2.24) is 10.2 Å². The van der Waals surface area contributed by atoms with Crippen LogP contribution >= 0.6 is 11.6 Å². The standard InChI is InChI=1S/C24H25ClN4O5/c25-14-5-7-15(8-6-14)27-24(32)29-18-4-2-1-3-17(18)28-23(31)19(29)12-22(30)26-16-9-10-20-21(11-16)34-13-33-20/h5-11,17-19H,1-4,12-13H2,(H,26,30)(H,27,32)(H,28,31)/t17-,18+,19+/m1/s1. The van der Waals surface area contributed by atoms with E-state index in [1.54, 1.807) is 47.4 Å². The van der Waals surface area contributed by atoms with E-state index >= 15 is 0 Å². The van der Waals surface area contributed by atoms with Gasteiger partial charge in [0.1, 0.15) is 6.04 Å². The Balaban J connectivity index is 1.34. The van der Waals surface area contributed by atoms with E-state index < -0.39 is 12.1 Å². The van der Waals surface area contributed by atoms with Gasteiger partial charge in [-0.05, 0) is 49.2 Å². The van der Waals surface area contributed by atoms with Crippen molar-refractivity contribution in [2.45, 2.75) is 50.2 Å². The van der Waals surface area contributed by atoms with Crippen molar-refractivity contribution in [3.63, 3.8) is 0 Å². The molecule has 2 fully saturated rings. The smallest absolute Gasteiger partial charge is 0.322 e. The van der Waals surface area contributed by atoms with Crippen molar-refractivity contribution in [3.05, 3.63) is 47.5 Å². The van der Waals surface area contributed by atoms with Gasteiger partial charge in [-0.1, -0.05) is 24.4 Å². The van der Waals surface area contributed by atoms with Crippen LogP contribution in [-0.2, 0) is 9.59 Å². The summed E-state index contributed by atoms with van der Waals surface area (Å²) in [6.45, 7) is 0.134. The first kappa shape index (κ1) is 22.3. The molecular formula is C24H25ClN4O5. The van der Waals surface area contributed by atoms with Crippen LogP contribution in [0.4, 0.5) is 16.2 Å². The minimum Gasteiger partial charge on any atom is -0.454 e. The highest BCUT2D eigenvalue weighted by Gasteiger charge is 2.46. The maximum atomic E-state index is 13.4. The molecule has 4 amide bonds. The SMILES string of the molecule is O=C(C[C@H]1C(=O)N[C@@H]2CCCC[C@@H]2N1C(=O)Nc1ccc(Cl)cc1)Nc1ccc2c(c1)OCO2. The molecule has 1 aliphatic carbocycles. The van der Waals surface area contributed by atoms with Gasteiger partial charge in [-0.2, -0.15) is 0 Å². The van der Waals surface area contributed by atoms with Crippen LogP contribution in [0.2, 0.25) is 5.02 Å². The van der Waals surface area contributed by atoms with Gasteiger partial charge in [0.2, 0.25) is 18.6 Å². The van der Waals surface area contributed by atoms with Crippen LogP contribution in [0.25, 0.3) is 0 Å². The number of piperazine rings is 1. The average molecular weight is 485 g/mol. The normalized spacial score (nSPS) is 23.0. The average Bonchev–Trinajstić information content (AvgIpc) is 3.29. The van der Waals surface area contributed by atoms with Crippen LogP contribution < -0.4 is 25.4 Å². The number of ether oxygens (including phenoxy) is 2. The molecule has 9 nitrogen and oxygen atoms in total. The lowest BCUT2D eigenvalue weighted by Gasteiger charge is -2.47. The molecule has 34 heavy (non-hydrogen) atoms. The Kier molecular flexibility index (Phi) is 6.19. The lowest BCUT2D eigenvalue weighted by atomic mass is 9.85. The van der Waals surface area contributed by atoms with E-state index in [9.17, 15) is 14.4 Å². The van der Waals surface area contributed by atoms with Crippen LogP contribution in [-0.4, -0.2) is 47.7 Å². The quantitative estimate of drug-likeness (QED) is 0.612. The van der Waals surface area contributed by atoms with E-state index in [4.69, 9.17) is 21.1 Å². The van der Waals surface area contributed by atoms with Crippen LogP contribution in [0, 0.1) is 0 Å². The Labute approximate surface area is 201 Å². The molecular weight excluding hydrogens is 460 g/mol. The Morgan fingerprint density at radius 2 is 1.74 bits per heavy atom. The molecule has 0 unspecified atom stereocenters. The summed E-state index contributed by atoms with van der Waals surface area (Å²) in [5.74, 6) is 0.452. The van der Waals surface area contributed by atoms with E-state index in [1.807, 2.05) is 0 Å². The van der Waals surface area contributed by atoms with Crippen molar-refractivity contribution < 1.29 is 23.9 Å². The molecule has 2 aromatic carbocycles. The summed E-state index contributed by atoms with van der Waals surface area (Å²) in [5, 5.41) is 9.25. The van der Waals surface area contributed by atoms with Crippen molar-refractivity contribution in [2.75, 3.05) is 17.4 Å². The molecule has 0 aromatic heterocycles. The molecule has 10 heteroatoms. The zero-order valence-electron chi connectivity index (χ0n) is 18.4. The molecule has 1 saturated carbocycles. The third-order valence-electron chi connectivity index (χ3n) is 6.42. The van der Waals surface area contributed by atoms with Crippen molar-refractivity contribution >= 4 is 40.8 Å². The Bertz CT molecular complexity index is 1110. The number of anilines is 2. The lowest BCUT2D eigenvalue weighted by molar-refractivity contribution is -0.135. The van der Waals surface area contributed by atoms with E-state index in [1.165, 1.54) is 0 Å². The molecule has 0 bridgehead atoms. The van der Waals surface area contributed by atoms with E-state index in [-0.39, 0.29) is 37.1 Å². The number of fused-ring (bicyclic) bond motifs is 2. The first-order valence-electron chi connectivity index (χ1n) is 11.3. The Morgan fingerprint density at radius 3 is 2.56 bits per heavy atom. The van der Waals surface area contributed by atoms with Gasteiger partial charge in [-0.15, -0.1) is 0 Å². The molecule has 2 aliphatic heterocycles. The number of amides is 4. The number of nitrogens with one attached hydrogen (secondary N) is 3. The number of carbonyl (C=O) groups excluding carboxylic acids is 3. The predicted octanol–water partition coefficient (Wildman–Crippen LogP) is 3.74. The van der Waals surface area contributed by atoms with Gasteiger partial charge in [0.25, 0.3) is 0 Å². The number of halogens is 1. The second-order valence-corrected chi connectivity index (χ2v) is 9.08. The van der Waals surface area contributed by atoms with Gasteiger partial charge in [-0.25, -0.2) is 4.79 Å². The van der Waals surface area contributed by atoms with E-state index in [2.05, 4.69) is 16.0 Å². The largest absolute Gasteiger partial charge is 0.454 e. The second kappa shape index (κ2) is 9.42. The van der Waals surface area contributed by atoms with Gasteiger partial charge in [0.15, 0.2) is 11.5 Å². The maximum Gasteiger partial charge on any atom is 0.322 e. The highest BCUT2D eigenvalue weighted by atomic mass is 35.5. The highest BCUT2D eigenvalue weighted by Crippen LogP contribution is 2.35. The van der Waals surface area contributed by atoms with Crippen molar-refractivity contribution in [3.8, 4) is 11.5 Å². The number of urea groups is 1. The summed E-state index contributed by atoms with van der Waals surface area (Å²) < 4.78 is 10.6. The summed E-state index contributed by atoms with van der Waals surface area (Å²) in [7, 11) is 0. The molecule has 0 radical (unpaired) electrons. The molecule has 3 N–H and O–H groups in total. The minimum atomic E-state index is -0.930. The fourth-order valence-electron chi connectivity index (χ4n) is 4.82. The third-order valence-corrected chi connectivity index (χ3v) is 6.67. The molecule has 178 valence electrons. The first-order chi connectivity index (χ1) is 16.5. The maximum absolute atomic E-state index is 13.4. The summed E-state index contributed by atoms with van der Waals surface area (Å²) in [5.41, 5.74) is 1.09. The van der Waals surface area contributed by atoms with Crippen LogP contribution in [0.1, 0.15) is 32.1 Å². The fourth-order valence-corrected chi connectivity index (χ4v) is 4.94. The molecule has 3 atom stereocenters. The monoisotopic (exact) mass is 484 g/mol. The number of hydrogen-bond donors (Lipinski definition) is 3. The summed E-state index contributed by atoms with van der Waals surface area (Å²) in [6.07, 6.45) is 3.34. The topological polar surface area (TPSA) is 109 Å². The Morgan fingerprint density at radius 1 is 1.00 bits per heavy atom. The lowest BCUT2D eigenvalue weighted by Crippen LogP contribution is -2.68. The number of benzene rings is 2. The number of nitrogens with zero attached hydrogens (tertiary/aromatic N) is 1. The van der Waals surface area contributed by atoms with Crippen molar-refractivity contribution in [1.29, 1.82) is 0 Å². The summed E-state index contributed by atoms with van der Waals surface area (Å²) >= 11 is 5.95. The minimum absolute atomic E-state index is 0.120. The van der Waals surface area contributed by atoms with Crippen molar-refractivity contribution in [2.24, 2.45) is 0 Å². The van der Waals surface area contributed by atoms with Gasteiger partial charge < -0.3 is 30.3 Å².